The highest BCUT2D eigenvalue weighted by atomic mass is 16.6. The zero-order valence-electron chi connectivity index (χ0n) is 15.9. The Bertz CT molecular complexity index is 925. The van der Waals surface area contributed by atoms with Crippen LogP contribution in [0.15, 0.2) is 30.3 Å². The molecule has 0 saturated heterocycles. The van der Waals surface area contributed by atoms with Crippen LogP contribution in [0.4, 0.5) is 11.4 Å². The number of benzene rings is 2. The summed E-state index contributed by atoms with van der Waals surface area (Å²) in [6.07, 6.45) is 0. The summed E-state index contributed by atoms with van der Waals surface area (Å²) >= 11 is 0. The van der Waals surface area contributed by atoms with Crippen molar-refractivity contribution in [2.75, 3.05) is 26.1 Å². The van der Waals surface area contributed by atoms with Gasteiger partial charge in [0, 0.05) is 6.07 Å². The van der Waals surface area contributed by atoms with Crippen molar-refractivity contribution in [3.8, 4) is 11.5 Å². The summed E-state index contributed by atoms with van der Waals surface area (Å²) in [5.74, 6) is -0.630. The number of amides is 1. The van der Waals surface area contributed by atoms with Crippen LogP contribution in [0.1, 0.15) is 21.5 Å². The van der Waals surface area contributed by atoms with Crippen LogP contribution < -0.4 is 14.8 Å². The molecule has 0 bridgehead atoms. The Hall–Kier alpha value is -3.62. The number of nitro benzene ring substituents is 1. The van der Waals surface area contributed by atoms with Crippen molar-refractivity contribution in [3.05, 3.63) is 57.1 Å². The molecule has 0 heterocycles. The van der Waals surface area contributed by atoms with Crippen molar-refractivity contribution in [1.29, 1.82) is 0 Å². The third kappa shape index (κ3) is 4.56. The van der Waals surface area contributed by atoms with Crippen LogP contribution in [-0.2, 0) is 9.53 Å². The average Bonchev–Trinajstić information content (AvgIpc) is 2.68. The van der Waals surface area contributed by atoms with E-state index in [1.165, 1.54) is 38.5 Å². The second kappa shape index (κ2) is 8.85. The molecule has 1 amide bonds. The molecule has 28 heavy (non-hydrogen) atoms. The first-order valence-electron chi connectivity index (χ1n) is 8.22. The van der Waals surface area contributed by atoms with Gasteiger partial charge in [0.25, 0.3) is 11.6 Å². The van der Waals surface area contributed by atoms with E-state index in [9.17, 15) is 19.7 Å². The monoisotopic (exact) mass is 388 g/mol. The number of hydrogen-bond acceptors (Lipinski definition) is 7. The number of methoxy groups -OCH3 is 2. The number of carbonyl (C=O) groups excluding carboxylic acids is 2. The van der Waals surface area contributed by atoms with Gasteiger partial charge in [-0.15, -0.1) is 0 Å². The van der Waals surface area contributed by atoms with E-state index in [1.54, 1.807) is 19.9 Å². The van der Waals surface area contributed by atoms with Crippen molar-refractivity contribution in [2.24, 2.45) is 0 Å². The van der Waals surface area contributed by atoms with Gasteiger partial charge < -0.3 is 19.5 Å². The van der Waals surface area contributed by atoms with Gasteiger partial charge in [-0.3, -0.25) is 14.9 Å². The smallest absolute Gasteiger partial charge is 0.337 e. The van der Waals surface area contributed by atoms with Gasteiger partial charge >= 0.3 is 5.97 Å². The van der Waals surface area contributed by atoms with E-state index in [0.717, 1.165) is 5.56 Å². The second-order valence-electron chi connectivity index (χ2n) is 5.85. The average molecular weight is 388 g/mol. The summed E-state index contributed by atoms with van der Waals surface area (Å²) in [4.78, 5) is 34.5. The lowest BCUT2D eigenvalue weighted by Crippen LogP contribution is -2.21. The zero-order chi connectivity index (χ0) is 20.8. The Kier molecular flexibility index (Phi) is 6.54. The van der Waals surface area contributed by atoms with Gasteiger partial charge in [-0.1, -0.05) is 6.07 Å². The predicted octanol–water partition coefficient (Wildman–Crippen LogP) is 3.02. The Labute approximate surface area is 161 Å². The van der Waals surface area contributed by atoms with Crippen LogP contribution in [0.25, 0.3) is 0 Å². The SMILES string of the molecule is COC(=O)c1ccc(OCC(=O)Nc2c([N+](=O)[O-])ccc(C)c2C)c(OC)c1. The van der Waals surface area contributed by atoms with Crippen LogP contribution in [0.2, 0.25) is 0 Å². The van der Waals surface area contributed by atoms with Crippen molar-refractivity contribution < 1.29 is 28.7 Å². The molecule has 0 aliphatic heterocycles. The lowest BCUT2D eigenvalue weighted by Gasteiger charge is -2.13. The minimum absolute atomic E-state index is 0.131. The van der Waals surface area contributed by atoms with Crippen molar-refractivity contribution in [2.45, 2.75) is 13.8 Å². The van der Waals surface area contributed by atoms with Gasteiger partial charge in [-0.25, -0.2) is 4.79 Å². The lowest BCUT2D eigenvalue weighted by atomic mass is 10.1. The molecule has 2 rings (SSSR count). The largest absolute Gasteiger partial charge is 0.493 e. The van der Waals surface area contributed by atoms with Crippen LogP contribution in [0.5, 0.6) is 11.5 Å². The molecule has 0 saturated carbocycles. The number of nitrogens with one attached hydrogen (secondary N) is 1. The molecule has 9 nitrogen and oxygen atoms in total. The maximum absolute atomic E-state index is 12.3. The fourth-order valence-corrected chi connectivity index (χ4v) is 2.46. The molecule has 0 aliphatic rings. The van der Waals surface area contributed by atoms with Crippen LogP contribution >= 0.6 is 0 Å². The number of hydrogen-bond donors (Lipinski definition) is 1. The van der Waals surface area contributed by atoms with Gasteiger partial charge in [-0.2, -0.15) is 0 Å². The van der Waals surface area contributed by atoms with E-state index in [-0.39, 0.29) is 28.4 Å². The standard InChI is InChI=1S/C19H20N2O7/c1-11-5-7-14(21(24)25)18(12(11)2)20-17(22)10-28-15-8-6-13(19(23)27-4)9-16(15)26-3/h5-9H,10H2,1-4H3,(H,20,22). The molecule has 0 atom stereocenters. The quantitative estimate of drug-likeness (QED) is 0.440. The molecular weight excluding hydrogens is 368 g/mol. The van der Waals surface area contributed by atoms with E-state index in [0.29, 0.717) is 5.56 Å². The van der Waals surface area contributed by atoms with Gasteiger partial charge in [0.05, 0.1) is 24.7 Å². The third-order valence-corrected chi connectivity index (χ3v) is 4.12. The van der Waals surface area contributed by atoms with Crippen molar-refractivity contribution in [1.82, 2.24) is 0 Å². The molecule has 1 N–H and O–H groups in total. The van der Waals surface area contributed by atoms with Crippen molar-refractivity contribution in [3.63, 3.8) is 0 Å². The Morgan fingerprint density at radius 3 is 2.43 bits per heavy atom. The highest BCUT2D eigenvalue weighted by Gasteiger charge is 2.20. The van der Waals surface area contributed by atoms with E-state index in [1.807, 2.05) is 0 Å². The second-order valence-corrected chi connectivity index (χ2v) is 5.85. The number of esters is 1. The summed E-state index contributed by atoms with van der Waals surface area (Å²) in [5, 5.41) is 13.7. The van der Waals surface area contributed by atoms with Crippen molar-refractivity contribution >= 4 is 23.3 Å². The topological polar surface area (TPSA) is 117 Å². The molecule has 0 spiro atoms. The molecule has 0 aromatic heterocycles. The summed E-state index contributed by atoms with van der Waals surface area (Å²) < 4.78 is 15.2. The summed E-state index contributed by atoms with van der Waals surface area (Å²) in [7, 11) is 2.65. The molecule has 0 radical (unpaired) electrons. The number of rotatable bonds is 7. The number of nitro groups is 1. The number of nitrogens with zero attached hydrogens (tertiary/aromatic N) is 1. The highest BCUT2D eigenvalue weighted by molar-refractivity contribution is 5.95. The Morgan fingerprint density at radius 1 is 1.11 bits per heavy atom. The molecule has 148 valence electrons. The van der Waals surface area contributed by atoms with Gasteiger partial charge in [0.2, 0.25) is 0 Å². The van der Waals surface area contributed by atoms with E-state index < -0.39 is 23.4 Å². The molecular formula is C19H20N2O7. The van der Waals surface area contributed by atoms with Gasteiger partial charge in [-0.05, 0) is 43.2 Å². The van der Waals surface area contributed by atoms with Crippen LogP contribution in [0.3, 0.4) is 0 Å². The fraction of sp³-hybridized carbons (Fsp3) is 0.263. The Balaban J connectivity index is 2.15. The molecule has 0 unspecified atom stereocenters. The predicted molar refractivity (Wildman–Crippen MR) is 101 cm³/mol. The summed E-state index contributed by atoms with van der Waals surface area (Å²) in [5.41, 5.74) is 1.61. The lowest BCUT2D eigenvalue weighted by molar-refractivity contribution is -0.384. The first kappa shape index (κ1) is 20.7. The highest BCUT2D eigenvalue weighted by Crippen LogP contribution is 2.31. The molecule has 2 aromatic rings. The molecule has 0 aliphatic carbocycles. The number of ether oxygens (including phenoxy) is 3. The normalized spacial score (nSPS) is 10.1. The van der Waals surface area contributed by atoms with Crippen LogP contribution in [-0.4, -0.2) is 37.6 Å². The first-order valence-corrected chi connectivity index (χ1v) is 8.22. The fourth-order valence-electron chi connectivity index (χ4n) is 2.46. The molecule has 2 aromatic carbocycles. The minimum atomic E-state index is -0.573. The van der Waals surface area contributed by atoms with E-state index >= 15 is 0 Å². The minimum Gasteiger partial charge on any atom is -0.493 e. The van der Waals surface area contributed by atoms with E-state index in [4.69, 9.17) is 9.47 Å². The number of anilines is 1. The maximum Gasteiger partial charge on any atom is 0.337 e. The maximum atomic E-state index is 12.3. The van der Waals surface area contributed by atoms with Crippen LogP contribution in [0, 0.1) is 24.0 Å². The van der Waals surface area contributed by atoms with Gasteiger partial charge in [0.15, 0.2) is 18.1 Å². The Morgan fingerprint density at radius 2 is 1.82 bits per heavy atom. The van der Waals surface area contributed by atoms with E-state index in [2.05, 4.69) is 10.1 Å². The first-order chi connectivity index (χ1) is 13.3. The van der Waals surface area contributed by atoms with Gasteiger partial charge in [0.1, 0.15) is 5.69 Å². The molecule has 0 fully saturated rings. The zero-order valence-corrected chi connectivity index (χ0v) is 15.9. The number of aryl methyl sites for hydroxylation is 1. The summed E-state index contributed by atoms with van der Waals surface area (Å²) in [6, 6.07) is 7.32. The summed E-state index contributed by atoms with van der Waals surface area (Å²) in [6.45, 7) is 3.07. The molecule has 9 heteroatoms. The number of carbonyl (C=O) groups is 2. The third-order valence-electron chi connectivity index (χ3n) is 4.12.